The molecule has 0 aromatic carbocycles. The van der Waals surface area contributed by atoms with Gasteiger partial charge in [-0.15, -0.1) is 0 Å². The zero-order valence-electron chi connectivity index (χ0n) is 11.7. The lowest BCUT2D eigenvalue weighted by Crippen LogP contribution is -2.55. The van der Waals surface area contributed by atoms with Gasteiger partial charge < -0.3 is 14.7 Å². The molecule has 5 heteroatoms. The van der Waals surface area contributed by atoms with Crippen LogP contribution in [0.1, 0.15) is 29.9 Å². The van der Waals surface area contributed by atoms with Crippen molar-refractivity contribution in [1.29, 1.82) is 0 Å². The van der Waals surface area contributed by atoms with Gasteiger partial charge in [0.1, 0.15) is 12.3 Å². The number of nitrogens with zero attached hydrogens (tertiary/aromatic N) is 2. The number of hydrogen-bond acceptors (Lipinski definition) is 4. The van der Waals surface area contributed by atoms with Gasteiger partial charge in [0.05, 0.1) is 24.3 Å². The lowest BCUT2D eigenvalue weighted by molar-refractivity contribution is -0.0373. The first-order valence-electron chi connectivity index (χ1n) is 6.51. The number of rotatable bonds is 1. The molecule has 0 aliphatic carbocycles. The fraction of sp³-hybridized carbons (Fsp3) is 0.467. The standard InChI is InChI=1S/C15H18N2O3/c1-15(2)11-20-10-8-17(15)14(19)13-12(6-4-9-18)5-3-7-16-13/h3,5,7,18H,8-11H2,1-2H3. The molecule has 0 spiro atoms. The van der Waals surface area contributed by atoms with Crippen LogP contribution in [0, 0.1) is 11.8 Å². The second kappa shape index (κ2) is 6.04. The molecule has 1 aromatic rings. The summed E-state index contributed by atoms with van der Waals surface area (Å²) in [5.41, 5.74) is 0.492. The van der Waals surface area contributed by atoms with Gasteiger partial charge in [-0.05, 0) is 26.0 Å². The van der Waals surface area contributed by atoms with Gasteiger partial charge in [0.2, 0.25) is 0 Å². The lowest BCUT2D eigenvalue weighted by atomic mass is 10.0. The summed E-state index contributed by atoms with van der Waals surface area (Å²) in [7, 11) is 0. The summed E-state index contributed by atoms with van der Waals surface area (Å²) < 4.78 is 5.42. The van der Waals surface area contributed by atoms with Crippen molar-refractivity contribution in [2.45, 2.75) is 19.4 Å². The van der Waals surface area contributed by atoms with Crippen LogP contribution in [0.5, 0.6) is 0 Å². The molecular formula is C15H18N2O3. The van der Waals surface area contributed by atoms with E-state index in [0.717, 1.165) is 0 Å². The molecule has 2 heterocycles. The number of aliphatic hydroxyl groups excluding tert-OH is 1. The summed E-state index contributed by atoms with van der Waals surface area (Å²) in [4.78, 5) is 18.6. The molecule has 0 bridgehead atoms. The first-order chi connectivity index (χ1) is 9.56. The number of pyridine rings is 1. The van der Waals surface area contributed by atoms with E-state index in [9.17, 15) is 4.79 Å². The highest BCUT2D eigenvalue weighted by Gasteiger charge is 2.35. The fourth-order valence-corrected chi connectivity index (χ4v) is 2.17. The second-order valence-corrected chi connectivity index (χ2v) is 5.18. The minimum absolute atomic E-state index is 0.152. The van der Waals surface area contributed by atoms with Gasteiger partial charge in [0, 0.05) is 12.7 Å². The van der Waals surface area contributed by atoms with Crippen LogP contribution in [0.15, 0.2) is 18.3 Å². The van der Waals surface area contributed by atoms with Crippen molar-refractivity contribution in [1.82, 2.24) is 9.88 Å². The van der Waals surface area contributed by atoms with Gasteiger partial charge in [0.25, 0.3) is 5.91 Å². The molecule has 1 aliphatic heterocycles. The Morgan fingerprint density at radius 2 is 2.40 bits per heavy atom. The Kier molecular flexibility index (Phi) is 4.38. The Labute approximate surface area is 118 Å². The van der Waals surface area contributed by atoms with E-state index in [1.165, 1.54) is 0 Å². The zero-order valence-corrected chi connectivity index (χ0v) is 11.7. The van der Waals surface area contributed by atoms with E-state index in [1.54, 1.807) is 23.2 Å². The van der Waals surface area contributed by atoms with Gasteiger partial charge in [0.15, 0.2) is 0 Å². The number of morpholine rings is 1. The number of carbonyl (C=O) groups is 1. The van der Waals surface area contributed by atoms with Crippen molar-refractivity contribution in [3.63, 3.8) is 0 Å². The summed E-state index contributed by atoms with van der Waals surface area (Å²) in [6.45, 7) is 5.25. The van der Waals surface area contributed by atoms with Crippen molar-refractivity contribution in [3.8, 4) is 11.8 Å². The highest BCUT2D eigenvalue weighted by molar-refractivity contribution is 5.95. The third kappa shape index (κ3) is 2.98. The average Bonchev–Trinajstić information content (AvgIpc) is 2.44. The van der Waals surface area contributed by atoms with Crippen molar-refractivity contribution in [2.24, 2.45) is 0 Å². The minimum atomic E-state index is -0.367. The normalized spacial score (nSPS) is 17.2. The van der Waals surface area contributed by atoms with Crippen LogP contribution in [0.4, 0.5) is 0 Å². The molecule has 1 aromatic heterocycles. The molecule has 1 saturated heterocycles. The minimum Gasteiger partial charge on any atom is -0.384 e. The maximum absolute atomic E-state index is 12.7. The summed E-state index contributed by atoms with van der Waals surface area (Å²) in [5.74, 6) is 5.17. The van der Waals surface area contributed by atoms with Gasteiger partial charge >= 0.3 is 0 Å². The molecular weight excluding hydrogens is 256 g/mol. The van der Waals surface area contributed by atoms with E-state index in [4.69, 9.17) is 9.84 Å². The van der Waals surface area contributed by atoms with E-state index in [2.05, 4.69) is 16.8 Å². The lowest BCUT2D eigenvalue weighted by Gasteiger charge is -2.42. The zero-order chi connectivity index (χ0) is 14.6. The average molecular weight is 274 g/mol. The molecule has 0 saturated carbocycles. The smallest absolute Gasteiger partial charge is 0.274 e. The maximum Gasteiger partial charge on any atom is 0.274 e. The molecule has 1 amide bonds. The molecule has 1 aliphatic rings. The Balaban J connectivity index is 2.33. The second-order valence-electron chi connectivity index (χ2n) is 5.18. The molecule has 0 radical (unpaired) electrons. The first-order valence-corrected chi connectivity index (χ1v) is 6.51. The highest BCUT2D eigenvalue weighted by atomic mass is 16.5. The predicted molar refractivity (Wildman–Crippen MR) is 74.1 cm³/mol. The molecule has 1 N–H and O–H groups in total. The molecule has 2 rings (SSSR count). The Morgan fingerprint density at radius 3 is 3.10 bits per heavy atom. The number of hydrogen-bond donors (Lipinski definition) is 1. The quantitative estimate of drug-likeness (QED) is 0.765. The SMILES string of the molecule is CC1(C)COCCN1C(=O)c1ncccc1C#CCO. The van der Waals surface area contributed by atoms with Crippen LogP contribution in [0.3, 0.4) is 0 Å². The largest absolute Gasteiger partial charge is 0.384 e. The molecule has 1 fully saturated rings. The topological polar surface area (TPSA) is 62.7 Å². The van der Waals surface area contributed by atoms with Crippen LogP contribution >= 0.6 is 0 Å². The van der Waals surface area contributed by atoms with Crippen molar-refractivity contribution < 1.29 is 14.6 Å². The fourth-order valence-electron chi connectivity index (χ4n) is 2.17. The van der Waals surface area contributed by atoms with Crippen molar-refractivity contribution in [3.05, 3.63) is 29.6 Å². The van der Waals surface area contributed by atoms with Crippen LogP contribution in [-0.4, -0.2) is 52.8 Å². The summed E-state index contributed by atoms with van der Waals surface area (Å²) in [6, 6.07) is 3.46. The predicted octanol–water partition coefficient (Wildman–Crippen LogP) is 0.676. The van der Waals surface area contributed by atoms with E-state index in [-0.39, 0.29) is 18.1 Å². The van der Waals surface area contributed by atoms with Crippen molar-refractivity contribution in [2.75, 3.05) is 26.4 Å². The number of ether oxygens (including phenoxy) is 1. The molecule has 20 heavy (non-hydrogen) atoms. The molecule has 0 atom stereocenters. The number of aromatic nitrogens is 1. The molecule has 106 valence electrons. The first kappa shape index (κ1) is 14.5. The Morgan fingerprint density at radius 1 is 1.60 bits per heavy atom. The maximum atomic E-state index is 12.7. The molecule has 5 nitrogen and oxygen atoms in total. The monoisotopic (exact) mass is 274 g/mol. The van der Waals surface area contributed by atoms with E-state index in [0.29, 0.717) is 31.0 Å². The van der Waals surface area contributed by atoms with Crippen LogP contribution in [0.2, 0.25) is 0 Å². The Hall–Kier alpha value is -1.90. The van der Waals surface area contributed by atoms with E-state index in [1.807, 2.05) is 13.8 Å². The molecule has 0 unspecified atom stereocenters. The third-order valence-corrected chi connectivity index (χ3v) is 3.20. The van der Waals surface area contributed by atoms with Crippen LogP contribution < -0.4 is 0 Å². The number of aliphatic hydroxyl groups is 1. The van der Waals surface area contributed by atoms with Gasteiger partial charge in [-0.1, -0.05) is 11.8 Å². The summed E-state index contributed by atoms with van der Waals surface area (Å²) >= 11 is 0. The van der Waals surface area contributed by atoms with Crippen LogP contribution in [-0.2, 0) is 4.74 Å². The summed E-state index contributed by atoms with van der Waals surface area (Å²) in [5, 5.41) is 8.78. The van der Waals surface area contributed by atoms with Gasteiger partial charge in [-0.25, -0.2) is 4.98 Å². The number of amides is 1. The summed E-state index contributed by atoms with van der Waals surface area (Å²) in [6.07, 6.45) is 1.57. The van der Waals surface area contributed by atoms with E-state index < -0.39 is 0 Å². The number of carbonyl (C=O) groups excluding carboxylic acids is 1. The van der Waals surface area contributed by atoms with Crippen LogP contribution in [0.25, 0.3) is 0 Å². The van der Waals surface area contributed by atoms with Gasteiger partial charge in [-0.3, -0.25) is 4.79 Å². The van der Waals surface area contributed by atoms with Crippen molar-refractivity contribution >= 4 is 5.91 Å². The highest BCUT2D eigenvalue weighted by Crippen LogP contribution is 2.22. The van der Waals surface area contributed by atoms with E-state index >= 15 is 0 Å². The Bertz CT molecular complexity index is 558. The van der Waals surface area contributed by atoms with Gasteiger partial charge in [-0.2, -0.15) is 0 Å². The third-order valence-electron chi connectivity index (χ3n) is 3.20.